The molecule has 0 atom stereocenters. The van der Waals surface area contributed by atoms with Gasteiger partial charge in [0, 0.05) is 64.6 Å². The molecule has 708 valence electrons. The van der Waals surface area contributed by atoms with Gasteiger partial charge in [-0.05, 0) is 212 Å². The molecule has 0 saturated heterocycles. The summed E-state index contributed by atoms with van der Waals surface area (Å²) in [4.78, 5) is 29.7. The second-order valence-corrected chi connectivity index (χ2v) is 38.8. The van der Waals surface area contributed by atoms with Gasteiger partial charge in [0.15, 0.2) is 17.5 Å². The van der Waals surface area contributed by atoms with Crippen LogP contribution in [0.4, 0.5) is 0 Å². The molecule has 0 aliphatic heterocycles. The molecule has 0 saturated carbocycles. The first-order chi connectivity index (χ1) is 73.2. The van der Waals surface area contributed by atoms with Crippen LogP contribution in [0.1, 0.15) is 44.5 Å². The van der Waals surface area contributed by atoms with Crippen molar-refractivity contribution in [2.24, 2.45) is 0 Å². The lowest BCUT2D eigenvalue weighted by Gasteiger charge is -2.30. The van der Waals surface area contributed by atoms with Crippen LogP contribution in [-0.4, -0.2) is 64.2 Å². The van der Waals surface area contributed by atoms with Gasteiger partial charge in [-0.2, -0.15) is 0 Å². The third kappa shape index (κ3) is 18.9. The molecule has 0 radical (unpaired) electrons. The first-order valence-electron chi connectivity index (χ1n) is 49.4. The number of benzene rings is 20. The molecule has 0 amide bonds. The topological polar surface area (TPSA) is 158 Å². The SMILES string of the molecule is Brc1cccc(-c2nc(-c3ccccc3)cc(-c3ccccc3)n2)c1.Clc1cccc(-c2cccc(-c3nc(-c4ccccc4)cc(-c4ccccc4)n3)c2)c1.OB(O)c1ccc2c(c1)C1(c3ccccc3-c3ccccc31)c1ccccc1-2.OB(O)c1cccc(Cl)c1.c1ccc(-c2cc(-c3ccccc3)nc(-c3cccc(-c4cccc(-c5ccc6c(c5)C5(c7ccccc7-c7ccccc75)c5ccccc5-6)c4)c3)n2)cc1. The molecule has 4 aliphatic rings. The third-order valence-corrected chi connectivity index (χ3v) is 29.0. The Hall–Kier alpha value is -17.3. The van der Waals surface area contributed by atoms with Crippen molar-refractivity contribution in [1.82, 2.24) is 29.9 Å². The minimum atomic E-state index is -1.49. The van der Waals surface area contributed by atoms with Crippen LogP contribution in [0.3, 0.4) is 0 Å². The number of rotatable bonds is 14. The van der Waals surface area contributed by atoms with Crippen molar-refractivity contribution in [2.45, 2.75) is 10.8 Å². The zero-order valence-electron chi connectivity index (χ0n) is 80.5. The largest absolute Gasteiger partial charge is 0.488 e. The molecule has 10 nitrogen and oxygen atoms in total. The maximum Gasteiger partial charge on any atom is 0.488 e. The molecule has 15 heteroatoms. The fourth-order valence-electron chi connectivity index (χ4n) is 21.3. The van der Waals surface area contributed by atoms with Gasteiger partial charge in [-0.15, -0.1) is 0 Å². The molecule has 3 heterocycles. The molecule has 0 bridgehead atoms. The first kappa shape index (κ1) is 95.2. The number of fused-ring (bicyclic) bond motifs is 20. The number of nitrogens with zero attached hydrogens (tertiary/aromatic N) is 6. The van der Waals surface area contributed by atoms with E-state index in [4.69, 9.17) is 63.2 Å². The number of hydrogen-bond donors (Lipinski definition) is 4. The third-order valence-electron chi connectivity index (χ3n) is 28.1. The highest BCUT2D eigenvalue weighted by Crippen LogP contribution is 2.65. The van der Waals surface area contributed by atoms with E-state index in [2.05, 4.69) is 356 Å². The average molecular weight is 2020 g/mol. The molecule has 0 unspecified atom stereocenters. The summed E-state index contributed by atoms with van der Waals surface area (Å²) in [6.45, 7) is 0. The summed E-state index contributed by atoms with van der Waals surface area (Å²) >= 11 is 15.3. The van der Waals surface area contributed by atoms with E-state index in [9.17, 15) is 10.0 Å². The maximum absolute atomic E-state index is 9.85. The van der Waals surface area contributed by atoms with Gasteiger partial charge in [0.05, 0.1) is 45.0 Å². The molecule has 0 fully saturated rings. The van der Waals surface area contributed by atoms with Crippen LogP contribution in [0.2, 0.25) is 10.0 Å². The molecular weight excluding hydrogens is 1930 g/mol. The number of hydrogen-bond acceptors (Lipinski definition) is 10. The van der Waals surface area contributed by atoms with Crippen LogP contribution in [0.5, 0.6) is 0 Å². The second-order valence-electron chi connectivity index (χ2n) is 37.0. The summed E-state index contributed by atoms with van der Waals surface area (Å²) in [6.07, 6.45) is 0. The molecular formula is C134H91B2BrCl2N6O4. The summed E-state index contributed by atoms with van der Waals surface area (Å²) in [7, 11) is -2.92. The lowest BCUT2D eigenvalue weighted by Crippen LogP contribution is -2.32. The van der Waals surface area contributed by atoms with E-state index >= 15 is 0 Å². The van der Waals surface area contributed by atoms with Crippen molar-refractivity contribution in [3.05, 3.63) is 587 Å². The Labute approximate surface area is 884 Å². The zero-order valence-corrected chi connectivity index (χ0v) is 83.6. The Balaban J connectivity index is 0.000000111. The van der Waals surface area contributed by atoms with Crippen molar-refractivity contribution >= 4 is 64.3 Å². The van der Waals surface area contributed by atoms with Crippen molar-refractivity contribution in [1.29, 1.82) is 0 Å². The van der Waals surface area contributed by atoms with Crippen LogP contribution in [0.25, 0.3) is 180 Å². The van der Waals surface area contributed by atoms with Gasteiger partial charge in [-0.1, -0.05) is 488 Å². The Morgan fingerprint density at radius 3 is 0.685 bits per heavy atom. The predicted octanol–water partition coefficient (Wildman–Crippen LogP) is 30.9. The predicted molar refractivity (Wildman–Crippen MR) is 614 cm³/mol. The van der Waals surface area contributed by atoms with Gasteiger partial charge in [-0.25, -0.2) is 29.9 Å². The summed E-state index contributed by atoms with van der Waals surface area (Å²) in [5.41, 5.74) is 42.2. The summed E-state index contributed by atoms with van der Waals surface area (Å²) in [6, 6.07) is 182. The van der Waals surface area contributed by atoms with E-state index in [1.54, 1.807) is 18.2 Å². The van der Waals surface area contributed by atoms with Crippen molar-refractivity contribution in [3.63, 3.8) is 0 Å². The van der Waals surface area contributed by atoms with E-state index < -0.39 is 19.7 Å². The Kier molecular flexibility index (Phi) is 26.8. The molecule has 27 rings (SSSR count). The van der Waals surface area contributed by atoms with Gasteiger partial charge < -0.3 is 20.1 Å². The van der Waals surface area contributed by atoms with Crippen LogP contribution < -0.4 is 10.9 Å². The highest BCUT2D eigenvalue weighted by atomic mass is 79.9. The molecule has 20 aromatic carbocycles. The molecule has 4 N–H and O–H groups in total. The second kappa shape index (κ2) is 42.0. The van der Waals surface area contributed by atoms with Gasteiger partial charge in [0.1, 0.15) is 0 Å². The fraction of sp³-hybridized carbons (Fsp3) is 0.0149. The Morgan fingerprint density at radius 1 is 0.168 bits per heavy atom. The minimum absolute atomic E-state index is 0.367. The standard InChI is InChI=1S/C53H34N2.C28H19ClN2.C25H17BO2.C22H15BrN2.C6H6BClO2/c1-3-15-35(16-4-1)50-34-51(36-17-5-2-6-18-36)55-52(54-50)41-22-14-21-39(32-41)37-19-13-20-38(31-37)40-29-30-45-44-25-9-12-28-48(44)53(49(45)33-40)46-26-10-7-23-42(46)43-24-8-11-27-47(43)53;29-25-16-8-14-23(18-25)22-13-7-15-24(17-22)28-30-26(20-9-3-1-4-10-20)19-27(31-28)21-11-5-2-6-12-21;27-26(28)16-13-14-20-19-9-3-6-12-23(19)25(24(20)15-16)21-10-4-1-7-17(21)18-8-2-5-11-22(18)25;23-19-13-7-12-18(14-19)22-24-20(16-8-3-1-4-9-16)15-21(25-22)17-10-5-2-6-11-17;8-6-3-1-2-5(4-6)7(9)10/h1-34H;1-19H;1-15,27-28H;1-15H;1-4,9-10H. The summed E-state index contributed by atoms with van der Waals surface area (Å²) < 4.78 is 1.01. The lowest BCUT2D eigenvalue weighted by atomic mass is 9.68. The van der Waals surface area contributed by atoms with Crippen molar-refractivity contribution < 1.29 is 20.1 Å². The average Bonchev–Trinajstić information content (AvgIpc) is 1.51. The van der Waals surface area contributed by atoms with E-state index in [-0.39, 0.29) is 5.41 Å². The maximum atomic E-state index is 9.85. The normalized spacial score (nSPS) is 12.1. The van der Waals surface area contributed by atoms with E-state index in [1.807, 2.05) is 164 Å². The van der Waals surface area contributed by atoms with Crippen molar-refractivity contribution in [2.75, 3.05) is 0 Å². The monoisotopic (exact) mass is 2020 g/mol. The van der Waals surface area contributed by atoms with Crippen LogP contribution in [0.15, 0.2) is 532 Å². The van der Waals surface area contributed by atoms with Crippen molar-refractivity contribution in [3.8, 4) is 180 Å². The molecule has 149 heavy (non-hydrogen) atoms. The summed E-state index contributed by atoms with van der Waals surface area (Å²) in [5.74, 6) is 2.13. The van der Waals surface area contributed by atoms with Gasteiger partial charge in [0.25, 0.3) is 0 Å². The van der Waals surface area contributed by atoms with Crippen LogP contribution in [0, 0.1) is 0 Å². The van der Waals surface area contributed by atoms with E-state index in [0.717, 1.165) is 133 Å². The lowest BCUT2D eigenvalue weighted by molar-refractivity contribution is 0.424. The molecule has 2 spiro atoms. The van der Waals surface area contributed by atoms with E-state index in [0.29, 0.717) is 27.6 Å². The van der Waals surface area contributed by atoms with Gasteiger partial charge >= 0.3 is 14.2 Å². The zero-order chi connectivity index (χ0) is 101. The smallest absolute Gasteiger partial charge is 0.423 e. The van der Waals surface area contributed by atoms with Gasteiger partial charge in [-0.3, -0.25) is 0 Å². The highest BCUT2D eigenvalue weighted by Gasteiger charge is 2.53. The first-order valence-corrected chi connectivity index (χ1v) is 51.0. The Bertz CT molecular complexity index is 8620. The highest BCUT2D eigenvalue weighted by molar-refractivity contribution is 9.10. The Morgan fingerprint density at radius 2 is 0.389 bits per heavy atom. The molecule has 23 aromatic rings. The minimum Gasteiger partial charge on any atom is -0.423 e. The molecule has 3 aromatic heterocycles. The number of halogens is 3. The fourth-order valence-corrected chi connectivity index (χ4v) is 22.1. The molecule has 4 aliphatic carbocycles. The summed E-state index contributed by atoms with van der Waals surface area (Å²) in [5, 5.41) is 38.2. The van der Waals surface area contributed by atoms with Crippen LogP contribution in [-0.2, 0) is 10.8 Å². The van der Waals surface area contributed by atoms with Gasteiger partial charge in [0.2, 0.25) is 0 Å². The van der Waals surface area contributed by atoms with E-state index in [1.165, 1.54) is 95.1 Å². The quantitative estimate of drug-likeness (QED) is 0.0773. The van der Waals surface area contributed by atoms with Crippen LogP contribution >= 0.6 is 39.1 Å². The number of aromatic nitrogens is 6.